The third-order valence-corrected chi connectivity index (χ3v) is 6.71. The quantitative estimate of drug-likeness (QED) is 0.525. The van der Waals surface area contributed by atoms with E-state index in [0.717, 1.165) is 54.2 Å². The van der Waals surface area contributed by atoms with Gasteiger partial charge in [0.15, 0.2) is 0 Å². The Hall–Kier alpha value is -2.96. The van der Waals surface area contributed by atoms with E-state index in [-0.39, 0.29) is 0 Å². The largest absolute Gasteiger partial charge is 0.496 e. The summed E-state index contributed by atoms with van der Waals surface area (Å²) in [5.41, 5.74) is 3.19. The van der Waals surface area contributed by atoms with Gasteiger partial charge in [-0.15, -0.1) is 0 Å². The lowest BCUT2D eigenvalue weighted by Gasteiger charge is -2.39. The molecule has 2 aromatic carbocycles. The average molecular weight is 445 g/mol. The monoisotopic (exact) mass is 444 g/mol. The summed E-state index contributed by atoms with van der Waals surface area (Å²) in [6.45, 7) is 4.46. The minimum absolute atomic E-state index is 0.453. The maximum absolute atomic E-state index is 5.71. The van der Waals surface area contributed by atoms with Gasteiger partial charge < -0.3 is 14.8 Å². The maximum Gasteiger partial charge on any atom is 0.137 e. The summed E-state index contributed by atoms with van der Waals surface area (Å²) >= 11 is 0. The van der Waals surface area contributed by atoms with Crippen molar-refractivity contribution in [2.75, 3.05) is 31.6 Å². The molecule has 0 unspecified atom stereocenters. The van der Waals surface area contributed by atoms with Crippen LogP contribution in [-0.4, -0.2) is 53.3 Å². The molecule has 2 heterocycles. The molecule has 0 spiro atoms. The van der Waals surface area contributed by atoms with Gasteiger partial charge in [0.05, 0.1) is 25.0 Å². The van der Waals surface area contributed by atoms with Crippen molar-refractivity contribution < 1.29 is 9.47 Å². The van der Waals surface area contributed by atoms with Crippen molar-refractivity contribution in [3.63, 3.8) is 0 Å². The first-order chi connectivity index (χ1) is 16.3. The van der Waals surface area contributed by atoms with Gasteiger partial charge in [-0.2, -0.15) is 0 Å². The topological polar surface area (TPSA) is 59.5 Å². The summed E-state index contributed by atoms with van der Waals surface area (Å²) in [4.78, 5) is 11.7. The van der Waals surface area contributed by atoms with Crippen molar-refractivity contribution in [2.45, 2.75) is 44.4 Å². The first-order valence-corrected chi connectivity index (χ1v) is 12.0. The first-order valence-electron chi connectivity index (χ1n) is 12.0. The minimum Gasteiger partial charge on any atom is -0.496 e. The van der Waals surface area contributed by atoms with E-state index >= 15 is 0 Å². The molecular weight excluding hydrogens is 412 g/mol. The molecule has 1 N–H and O–H groups in total. The summed E-state index contributed by atoms with van der Waals surface area (Å²) in [5.74, 6) is 0.926. The Morgan fingerprint density at radius 1 is 1.00 bits per heavy atom. The maximum atomic E-state index is 5.71. The SMILES string of the molecule is C(=C\c1ccc2ncnc(NC3CCC(N4CCOCC4)CC3)c2c1)/OCc1ccccc1. The van der Waals surface area contributed by atoms with Crippen LogP contribution in [0.25, 0.3) is 17.0 Å². The van der Waals surface area contributed by atoms with E-state index in [9.17, 15) is 0 Å². The zero-order valence-electron chi connectivity index (χ0n) is 19.0. The molecule has 0 radical (unpaired) electrons. The molecule has 33 heavy (non-hydrogen) atoms. The van der Waals surface area contributed by atoms with Gasteiger partial charge in [0, 0.05) is 30.6 Å². The molecule has 0 bridgehead atoms. The van der Waals surface area contributed by atoms with Crippen LogP contribution in [-0.2, 0) is 16.1 Å². The van der Waals surface area contributed by atoms with Gasteiger partial charge in [-0.25, -0.2) is 9.97 Å². The van der Waals surface area contributed by atoms with Gasteiger partial charge in [0.25, 0.3) is 0 Å². The van der Waals surface area contributed by atoms with Crippen LogP contribution < -0.4 is 5.32 Å². The van der Waals surface area contributed by atoms with Crippen molar-refractivity contribution in [2.24, 2.45) is 0 Å². The highest BCUT2D eigenvalue weighted by atomic mass is 16.5. The molecule has 6 heteroatoms. The second kappa shape index (κ2) is 10.8. The van der Waals surface area contributed by atoms with Crippen molar-refractivity contribution in [3.05, 3.63) is 72.2 Å². The second-order valence-electron chi connectivity index (χ2n) is 8.90. The van der Waals surface area contributed by atoms with E-state index in [4.69, 9.17) is 9.47 Å². The Bertz CT molecular complexity index is 1060. The molecular formula is C27H32N4O2. The average Bonchev–Trinajstić information content (AvgIpc) is 2.88. The molecule has 1 saturated carbocycles. The highest BCUT2D eigenvalue weighted by Crippen LogP contribution is 2.28. The van der Waals surface area contributed by atoms with Gasteiger partial charge in [0.1, 0.15) is 18.8 Å². The second-order valence-corrected chi connectivity index (χ2v) is 8.90. The van der Waals surface area contributed by atoms with Crippen molar-refractivity contribution in [1.82, 2.24) is 14.9 Å². The summed E-state index contributed by atoms with van der Waals surface area (Å²) in [7, 11) is 0. The summed E-state index contributed by atoms with van der Waals surface area (Å²) < 4.78 is 11.2. The van der Waals surface area contributed by atoms with E-state index in [1.807, 2.05) is 30.3 Å². The van der Waals surface area contributed by atoms with Gasteiger partial charge in [0.2, 0.25) is 0 Å². The number of nitrogens with one attached hydrogen (secondary N) is 1. The predicted molar refractivity (Wildman–Crippen MR) is 132 cm³/mol. The molecule has 1 aliphatic heterocycles. The van der Waals surface area contributed by atoms with E-state index in [1.54, 1.807) is 12.6 Å². The Labute approximate surface area is 195 Å². The summed E-state index contributed by atoms with van der Waals surface area (Å²) in [6.07, 6.45) is 10.2. The molecule has 0 atom stereocenters. The van der Waals surface area contributed by atoms with E-state index in [2.05, 4.69) is 44.5 Å². The molecule has 1 aliphatic carbocycles. The van der Waals surface area contributed by atoms with Crippen molar-refractivity contribution in [3.8, 4) is 0 Å². The fourth-order valence-electron chi connectivity index (χ4n) is 4.86. The zero-order valence-corrected chi connectivity index (χ0v) is 19.0. The van der Waals surface area contributed by atoms with E-state index in [1.165, 1.54) is 25.7 Å². The molecule has 0 amide bonds. The molecule has 1 aromatic heterocycles. The Morgan fingerprint density at radius 3 is 2.64 bits per heavy atom. The zero-order chi connectivity index (χ0) is 22.3. The van der Waals surface area contributed by atoms with Gasteiger partial charge in [-0.1, -0.05) is 36.4 Å². The lowest BCUT2D eigenvalue weighted by molar-refractivity contribution is 0.00791. The molecule has 6 nitrogen and oxygen atoms in total. The number of benzene rings is 2. The standard InChI is InChI=1S/C27H32N4O2/c1-2-4-22(5-3-1)19-33-15-12-21-6-11-26-25(18-21)27(29-20-28-26)30-23-7-9-24(10-8-23)31-13-16-32-17-14-31/h1-6,11-12,15,18,20,23-24H,7-10,13-14,16-17,19H2,(H,28,29,30)/b15-12+. The Kier molecular flexibility index (Phi) is 7.14. The van der Waals surface area contributed by atoms with Crippen LogP contribution in [0.5, 0.6) is 0 Å². The third-order valence-electron chi connectivity index (χ3n) is 6.71. The van der Waals surface area contributed by atoms with Crippen molar-refractivity contribution in [1.29, 1.82) is 0 Å². The molecule has 172 valence electrons. The van der Waals surface area contributed by atoms with Gasteiger partial charge in [-0.05, 0) is 55.0 Å². The molecule has 2 aliphatic rings. The van der Waals surface area contributed by atoms with Crippen LogP contribution >= 0.6 is 0 Å². The lowest BCUT2D eigenvalue weighted by Crippen LogP contribution is -2.46. The fourth-order valence-corrected chi connectivity index (χ4v) is 4.86. The number of hydrogen-bond donors (Lipinski definition) is 1. The van der Waals surface area contributed by atoms with Crippen LogP contribution in [0.3, 0.4) is 0 Å². The highest BCUT2D eigenvalue weighted by Gasteiger charge is 2.27. The highest BCUT2D eigenvalue weighted by molar-refractivity contribution is 5.90. The molecule has 1 saturated heterocycles. The van der Waals surface area contributed by atoms with Gasteiger partial charge in [-0.3, -0.25) is 4.90 Å². The molecule has 3 aromatic rings. The lowest BCUT2D eigenvalue weighted by atomic mass is 9.90. The Balaban J connectivity index is 1.21. The smallest absolute Gasteiger partial charge is 0.137 e. The number of anilines is 1. The number of morpholine rings is 1. The van der Waals surface area contributed by atoms with Crippen molar-refractivity contribution >= 4 is 22.8 Å². The van der Waals surface area contributed by atoms with Crippen LogP contribution in [0, 0.1) is 0 Å². The van der Waals surface area contributed by atoms with E-state index in [0.29, 0.717) is 18.7 Å². The number of rotatable bonds is 7. The number of fused-ring (bicyclic) bond motifs is 1. The predicted octanol–water partition coefficient (Wildman–Crippen LogP) is 4.87. The third kappa shape index (κ3) is 5.70. The number of aromatic nitrogens is 2. The van der Waals surface area contributed by atoms with Crippen LogP contribution in [0.15, 0.2) is 61.1 Å². The molecule has 5 rings (SSSR count). The first kappa shape index (κ1) is 21.9. The number of nitrogens with zero attached hydrogens (tertiary/aromatic N) is 3. The van der Waals surface area contributed by atoms with Crippen LogP contribution in [0.1, 0.15) is 36.8 Å². The molecule has 2 fully saturated rings. The van der Waals surface area contributed by atoms with E-state index < -0.39 is 0 Å². The van der Waals surface area contributed by atoms with Crippen LogP contribution in [0.4, 0.5) is 5.82 Å². The van der Waals surface area contributed by atoms with Crippen LogP contribution in [0.2, 0.25) is 0 Å². The Morgan fingerprint density at radius 2 is 1.82 bits per heavy atom. The normalized spacial score (nSPS) is 21.9. The summed E-state index contributed by atoms with van der Waals surface area (Å²) in [5, 5.41) is 4.77. The number of ether oxygens (including phenoxy) is 2. The minimum atomic E-state index is 0.453. The number of hydrogen-bond acceptors (Lipinski definition) is 6. The summed E-state index contributed by atoms with van der Waals surface area (Å²) in [6, 6.07) is 17.6. The van der Waals surface area contributed by atoms with Gasteiger partial charge >= 0.3 is 0 Å². The fraction of sp³-hybridized carbons (Fsp3) is 0.407.